The molecule has 1 heterocycles. The zero-order valence-corrected chi connectivity index (χ0v) is 18.2. The molecule has 2 atom stereocenters. The molecule has 25 heavy (non-hydrogen) atoms. The first-order valence-corrected chi connectivity index (χ1v) is 10.3. The Morgan fingerprint density at radius 2 is 1.84 bits per heavy atom. The highest BCUT2D eigenvalue weighted by atomic mass is 35.5. The van der Waals surface area contributed by atoms with Crippen molar-refractivity contribution in [3.05, 3.63) is 22.9 Å². The van der Waals surface area contributed by atoms with Gasteiger partial charge in [0.1, 0.15) is 5.50 Å². The molecule has 2 aliphatic rings. The monoisotopic (exact) mass is 361 g/mol. The topological polar surface area (TPSA) is 3.24 Å². The third-order valence-corrected chi connectivity index (χ3v) is 6.68. The molecule has 0 amide bonds. The molecule has 2 heteroatoms. The van der Waals surface area contributed by atoms with Gasteiger partial charge in [-0.25, -0.2) is 0 Å². The van der Waals surface area contributed by atoms with Crippen molar-refractivity contribution in [1.82, 2.24) is 4.90 Å². The van der Waals surface area contributed by atoms with Crippen LogP contribution in [0.4, 0.5) is 0 Å². The van der Waals surface area contributed by atoms with E-state index in [1.54, 1.807) is 0 Å². The molecule has 1 aliphatic heterocycles. The Kier molecular flexibility index (Phi) is 6.05. The number of nitrogens with zero attached hydrogens (tertiary/aromatic N) is 1. The van der Waals surface area contributed by atoms with Gasteiger partial charge >= 0.3 is 0 Å². The van der Waals surface area contributed by atoms with Crippen molar-refractivity contribution in [3.8, 4) is 11.8 Å². The molecule has 1 aliphatic carbocycles. The summed E-state index contributed by atoms with van der Waals surface area (Å²) >= 11 is 7.09. The van der Waals surface area contributed by atoms with Crippen molar-refractivity contribution in [2.45, 2.75) is 92.1 Å². The van der Waals surface area contributed by atoms with Crippen LogP contribution in [0.2, 0.25) is 0 Å². The highest BCUT2D eigenvalue weighted by Crippen LogP contribution is 2.52. The van der Waals surface area contributed by atoms with Gasteiger partial charge in [0.25, 0.3) is 0 Å². The normalized spacial score (nSPS) is 31.7. The second-order valence-electron chi connectivity index (χ2n) is 9.42. The van der Waals surface area contributed by atoms with Crippen LogP contribution in [0.15, 0.2) is 22.9 Å². The van der Waals surface area contributed by atoms with Gasteiger partial charge in [0.05, 0.1) is 0 Å². The lowest BCUT2D eigenvalue weighted by molar-refractivity contribution is 0.205. The summed E-state index contributed by atoms with van der Waals surface area (Å²) in [6, 6.07) is 0. The van der Waals surface area contributed by atoms with Crippen LogP contribution in [0.1, 0.15) is 81.1 Å². The minimum Gasteiger partial charge on any atom is -0.349 e. The fourth-order valence-electron chi connectivity index (χ4n) is 4.54. The molecule has 0 aromatic rings. The molecule has 1 saturated heterocycles. The summed E-state index contributed by atoms with van der Waals surface area (Å²) in [5.41, 5.74) is 4.45. The summed E-state index contributed by atoms with van der Waals surface area (Å²) in [4.78, 5) is 2.54. The van der Waals surface area contributed by atoms with Crippen LogP contribution < -0.4 is 0 Å². The van der Waals surface area contributed by atoms with E-state index in [1.807, 2.05) is 0 Å². The first kappa shape index (κ1) is 20.4. The van der Waals surface area contributed by atoms with E-state index in [1.165, 1.54) is 16.8 Å². The van der Waals surface area contributed by atoms with Crippen LogP contribution in [0, 0.1) is 29.1 Å². The lowest BCUT2D eigenvalue weighted by atomic mass is 9.84. The molecular formula is C23H36ClN. The zero-order valence-electron chi connectivity index (χ0n) is 17.5. The van der Waals surface area contributed by atoms with Gasteiger partial charge in [0.15, 0.2) is 0 Å². The number of alkyl halides is 1. The van der Waals surface area contributed by atoms with Crippen LogP contribution in [0.5, 0.6) is 0 Å². The van der Waals surface area contributed by atoms with E-state index in [4.69, 9.17) is 11.6 Å². The Morgan fingerprint density at radius 1 is 1.20 bits per heavy atom. The largest absolute Gasteiger partial charge is 0.349 e. The maximum Gasteiger partial charge on any atom is 0.109 e. The van der Waals surface area contributed by atoms with Gasteiger partial charge < -0.3 is 4.90 Å². The summed E-state index contributed by atoms with van der Waals surface area (Å²) in [6.45, 7) is 18.5. The van der Waals surface area contributed by atoms with E-state index < -0.39 is 0 Å². The molecule has 2 unspecified atom stereocenters. The van der Waals surface area contributed by atoms with E-state index in [0.29, 0.717) is 11.8 Å². The smallest absolute Gasteiger partial charge is 0.109 e. The van der Waals surface area contributed by atoms with Gasteiger partial charge in [-0.05, 0) is 49.7 Å². The predicted molar refractivity (Wildman–Crippen MR) is 110 cm³/mol. The van der Waals surface area contributed by atoms with Crippen LogP contribution in [0.25, 0.3) is 0 Å². The van der Waals surface area contributed by atoms with Crippen LogP contribution >= 0.6 is 11.6 Å². The summed E-state index contributed by atoms with van der Waals surface area (Å²) in [6.07, 6.45) is 6.31. The minimum absolute atomic E-state index is 0.00564. The van der Waals surface area contributed by atoms with Crippen LogP contribution in [-0.2, 0) is 0 Å². The minimum atomic E-state index is 0.00564. The highest BCUT2D eigenvalue weighted by molar-refractivity contribution is 6.21. The maximum atomic E-state index is 7.09. The van der Waals surface area contributed by atoms with Crippen LogP contribution in [0.3, 0.4) is 0 Å². The Bertz CT molecular complexity index is 624. The molecular weight excluding hydrogens is 326 g/mol. The van der Waals surface area contributed by atoms with Crippen LogP contribution in [-0.4, -0.2) is 15.9 Å². The highest BCUT2D eigenvalue weighted by Gasteiger charge is 2.51. The molecule has 0 bridgehead atoms. The summed E-state index contributed by atoms with van der Waals surface area (Å²) in [5.74, 6) is 7.71. The lowest BCUT2D eigenvalue weighted by Gasteiger charge is -2.42. The average Bonchev–Trinajstić information content (AvgIpc) is 2.63. The Morgan fingerprint density at radius 3 is 2.32 bits per heavy atom. The standard InChI is InChI=1S/C23H36ClN/c1-9-17(4)19-14-12-10-11-13-18(16(2)3)20(19)25-21(24)22(5,6)15-23(25,7)8/h14,16-17,21H,9,12-13,15H2,1-8H3/b19-14-,20-18-. The summed E-state index contributed by atoms with van der Waals surface area (Å²) < 4.78 is 0. The van der Waals surface area contributed by atoms with Gasteiger partial charge in [0.2, 0.25) is 0 Å². The van der Waals surface area contributed by atoms with E-state index in [2.05, 4.69) is 78.2 Å². The molecule has 0 spiro atoms. The lowest BCUT2D eigenvalue weighted by Crippen LogP contribution is -2.43. The molecule has 1 nitrogen and oxygen atoms in total. The van der Waals surface area contributed by atoms with E-state index in [9.17, 15) is 0 Å². The van der Waals surface area contributed by atoms with Gasteiger partial charge in [0, 0.05) is 29.5 Å². The average molecular weight is 362 g/mol. The molecule has 0 radical (unpaired) electrons. The number of rotatable bonds is 4. The second kappa shape index (κ2) is 7.40. The van der Waals surface area contributed by atoms with Crippen molar-refractivity contribution in [2.75, 3.05) is 0 Å². The van der Waals surface area contributed by atoms with Crippen molar-refractivity contribution in [3.63, 3.8) is 0 Å². The number of likely N-dealkylation sites (tertiary alicyclic amines) is 1. The van der Waals surface area contributed by atoms with Crippen molar-refractivity contribution >= 4 is 11.6 Å². The first-order chi connectivity index (χ1) is 11.5. The van der Waals surface area contributed by atoms with E-state index >= 15 is 0 Å². The van der Waals surface area contributed by atoms with Gasteiger partial charge in [-0.1, -0.05) is 71.1 Å². The SMILES string of the molecule is CCC(C)C1=C/CC#CC/C(C(C)C)=C\1N1C(Cl)C(C)(C)CC1(C)C. The van der Waals surface area contributed by atoms with E-state index in [-0.39, 0.29) is 16.5 Å². The van der Waals surface area contributed by atoms with E-state index in [0.717, 1.165) is 25.7 Å². The third kappa shape index (κ3) is 3.95. The number of hydrogen-bond acceptors (Lipinski definition) is 1. The number of allylic oxidation sites excluding steroid dienone is 3. The molecule has 0 saturated carbocycles. The second-order valence-corrected chi connectivity index (χ2v) is 9.83. The molecule has 2 rings (SSSR count). The Labute approximate surface area is 160 Å². The van der Waals surface area contributed by atoms with Crippen molar-refractivity contribution in [1.29, 1.82) is 0 Å². The first-order valence-electron chi connectivity index (χ1n) is 9.85. The van der Waals surface area contributed by atoms with Gasteiger partial charge in [-0.2, -0.15) is 0 Å². The molecule has 1 fully saturated rings. The fraction of sp³-hybridized carbons (Fsp3) is 0.739. The van der Waals surface area contributed by atoms with Gasteiger partial charge in [-0.3, -0.25) is 0 Å². The Balaban J connectivity index is 2.72. The maximum absolute atomic E-state index is 7.09. The molecule has 0 aromatic heterocycles. The molecule has 140 valence electrons. The summed E-state index contributed by atoms with van der Waals surface area (Å²) in [5, 5.41) is 0. The third-order valence-electron chi connectivity index (χ3n) is 5.90. The van der Waals surface area contributed by atoms with Crippen molar-refractivity contribution < 1.29 is 0 Å². The van der Waals surface area contributed by atoms with Gasteiger partial charge in [-0.15, -0.1) is 0 Å². The van der Waals surface area contributed by atoms with Crippen molar-refractivity contribution in [2.24, 2.45) is 17.3 Å². The molecule has 0 aromatic carbocycles. The number of hydrogen-bond donors (Lipinski definition) is 0. The fourth-order valence-corrected chi connectivity index (χ4v) is 4.98. The quantitative estimate of drug-likeness (QED) is 0.304. The summed E-state index contributed by atoms with van der Waals surface area (Å²) in [7, 11) is 0. The molecule has 0 N–H and O–H groups in total. The zero-order chi connectivity index (χ0) is 19.0. The number of halogens is 1. The Hall–Kier alpha value is -0.870. The predicted octanol–water partition coefficient (Wildman–Crippen LogP) is 6.74.